The Morgan fingerprint density at radius 2 is 2.05 bits per heavy atom. The summed E-state index contributed by atoms with van der Waals surface area (Å²) in [6, 6.07) is 13.5. The first kappa shape index (κ1) is 13.6. The maximum atomic E-state index is 10.5. The Balaban J connectivity index is 1.89. The number of pyridine rings is 1. The second kappa shape index (κ2) is 5.22. The van der Waals surface area contributed by atoms with Crippen LogP contribution in [0.25, 0.3) is 10.9 Å². The Hall–Kier alpha value is -2.33. The summed E-state index contributed by atoms with van der Waals surface area (Å²) >= 11 is 0. The first-order valence-electron chi connectivity index (χ1n) is 6.93. The Morgan fingerprint density at radius 1 is 1.24 bits per heavy atom. The largest absolute Gasteiger partial charge is 0.466 e. The summed E-state index contributed by atoms with van der Waals surface area (Å²) in [4.78, 5) is 4.51. The highest BCUT2D eigenvalue weighted by Crippen LogP contribution is 2.26. The van der Waals surface area contributed by atoms with E-state index in [-0.39, 0.29) is 0 Å². The SMILES string of the molecule is Cc1cc(NCC(C)(O)c2ccco2)c2ccccc2n1. The molecule has 0 radical (unpaired) electrons. The molecule has 0 fully saturated rings. The Labute approximate surface area is 123 Å². The Kier molecular flexibility index (Phi) is 3.39. The third-order valence-electron chi connectivity index (χ3n) is 3.52. The monoisotopic (exact) mass is 282 g/mol. The van der Waals surface area contributed by atoms with E-state index in [1.165, 1.54) is 0 Å². The van der Waals surface area contributed by atoms with Gasteiger partial charge in [0.25, 0.3) is 0 Å². The molecule has 108 valence electrons. The number of rotatable bonds is 4. The van der Waals surface area contributed by atoms with Crippen molar-refractivity contribution in [1.82, 2.24) is 4.98 Å². The second-order valence-corrected chi connectivity index (χ2v) is 5.43. The zero-order valence-electron chi connectivity index (χ0n) is 12.1. The van der Waals surface area contributed by atoms with Gasteiger partial charge in [-0.3, -0.25) is 4.98 Å². The lowest BCUT2D eigenvalue weighted by Gasteiger charge is -2.22. The second-order valence-electron chi connectivity index (χ2n) is 5.43. The fourth-order valence-electron chi connectivity index (χ4n) is 2.39. The van der Waals surface area contributed by atoms with Crippen LogP contribution in [0.1, 0.15) is 18.4 Å². The number of aryl methyl sites for hydroxylation is 1. The van der Waals surface area contributed by atoms with Crippen LogP contribution in [0.2, 0.25) is 0 Å². The van der Waals surface area contributed by atoms with Crippen molar-refractivity contribution in [3.63, 3.8) is 0 Å². The Morgan fingerprint density at radius 3 is 2.81 bits per heavy atom. The molecular formula is C17H18N2O2. The minimum Gasteiger partial charge on any atom is -0.466 e. The van der Waals surface area contributed by atoms with Gasteiger partial charge in [-0.15, -0.1) is 0 Å². The zero-order valence-corrected chi connectivity index (χ0v) is 12.1. The molecule has 0 saturated carbocycles. The highest BCUT2D eigenvalue weighted by Gasteiger charge is 2.26. The van der Waals surface area contributed by atoms with E-state index in [1.54, 1.807) is 25.3 Å². The number of benzene rings is 1. The van der Waals surface area contributed by atoms with Gasteiger partial charge < -0.3 is 14.8 Å². The van der Waals surface area contributed by atoms with Crippen molar-refractivity contribution >= 4 is 16.6 Å². The quantitative estimate of drug-likeness (QED) is 0.769. The van der Waals surface area contributed by atoms with Crippen LogP contribution in [0.3, 0.4) is 0 Å². The van der Waals surface area contributed by atoms with Gasteiger partial charge in [0.05, 0.1) is 18.3 Å². The predicted octanol–water partition coefficient (Wildman–Crippen LogP) is 3.46. The van der Waals surface area contributed by atoms with Crippen LogP contribution in [0.15, 0.2) is 53.1 Å². The molecule has 2 aromatic heterocycles. The predicted molar refractivity (Wildman–Crippen MR) is 83.2 cm³/mol. The van der Waals surface area contributed by atoms with E-state index in [2.05, 4.69) is 10.3 Å². The molecule has 4 heteroatoms. The lowest BCUT2D eigenvalue weighted by Crippen LogP contribution is -2.30. The number of fused-ring (bicyclic) bond motifs is 1. The fourth-order valence-corrected chi connectivity index (χ4v) is 2.39. The van der Waals surface area contributed by atoms with E-state index in [9.17, 15) is 5.11 Å². The normalized spacial score (nSPS) is 14.0. The molecule has 0 saturated heterocycles. The number of hydrogen-bond donors (Lipinski definition) is 2. The minimum atomic E-state index is -1.07. The highest BCUT2D eigenvalue weighted by atomic mass is 16.4. The van der Waals surface area contributed by atoms with Crippen LogP contribution < -0.4 is 5.32 Å². The van der Waals surface area contributed by atoms with Crippen molar-refractivity contribution in [2.45, 2.75) is 19.4 Å². The van der Waals surface area contributed by atoms with Crippen LogP contribution >= 0.6 is 0 Å². The van der Waals surface area contributed by atoms with Gasteiger partial charge in [-0.2, -0.15) is 0 Å². The summed E-state index contributed by atoms with van der Waals surface area (Å²) in [7, 11) is 0. The number of hydrogen-bond acceptors (Lipinski definition) is 4. The molecule has 0 aliphatic carbocycles. The first-order valence-corrected chi connectivity index (χ1v) is 6.93. The summed E-state index contributed by atoms with van der Waals surface area (Å²) in [6.45, 7) is 4.05. The van der Waals surface area contributed by atoms with Crippen molar-refractivity contribution in [2.75, 3.05) is 11.9 Å². The summed E-state index contributed by atoms with van der Waals surface area (Å²) in [5.41, 5.74) is 1.78. The topological polar surface area (TPSA) is 58.3 Å². The molecule has 0 bridgehead atoms. The van der Waals surface area contributed by atoms with E-state index < -0.39 is 5.60 Å². The van der Waals surface area contributed by atoms with E-state index in [0.29, 0.717) is 12.3 Å². The van der Waals surface area contributed by atoms with Crippen LogP contribution in [0.5, 0.6) is 0 Å². The molecular weight excluding hydrogens is 264 g/mol. The van der Waals surface area contributed by atoms with Crippen molar-refractivity contribution in [3.05, 3.63) is 60.2 Å². The maximum Gasteiger partial charge on any atom is 0.136 e. The molecule has 21 heavy (non-hydrogen) atoms. The van der Waals surface area contributed by atoms with E-state index >= 15 is 0 Å². The summed E-state index contributed by atoms with van der Waals surface area (Å²) < 4.78 is 5.30. The molecule has 0 amide bonds. The van der Waals surface area contributed by atoms with Gasteiger partial charge in [-0.05, 0) is 38.1 Å². The van der Waals surface area contributed by atoms with Gasteiger partial charge in [0, 0.05) is 16.8 Å². The smallest absolute Gasteiger partial charge is 0.136 e. The number of nitrogens with one attached hydrogen (secondary N) is 1. The van der Waals surface area contributed by atoms with Crippen molar-refractivity contribution < 1.29 is 9.52 Å². The van der Waals surface area contributed by atoms with Crippen LogP contribution in [0.4, 0.5) is 5.69 Å². The molecule has 2 heterocycles. The highest BCUT2D eigenvalue weighted by molar-refractivity contribution is 5.91. The molecule has 0 aliphatic rings. The van der Waals surface area contributed by atoms with E-state index in [4.69, 9.17) is 4.42 Å². The molecule has 4 nitrogen and oxygen atoms in total. The third kappa shape index (κ3) is 2.76. The standard InChI is InChI=1S/C17H18N2O2/c1-12-10-15(13-6-3-4-7-14(13)19-12)18-11-17(2,20)16-8-5-9-21-16/h3-10,20H,11H2,1-2H3,(H,18,19). The zero-order chi connectivity index (χ0) is 14.9. The van der Waals surface area contributed by atoms with Gasteiger partial charge >= 0.3 is 0 Å². The lowest BCUT2D eigenvalue weighted by atomic mass is 10.0. The van der Waals surface area contributed by atoms with E-state index in [1.807, 2.05) is 37.3 Å². The van der Waals surface area contributed by atoms with Crippen molar-refractivity contribution in [3.8, 4) is 0 Å². The minimum absolute atomic E-state index is 0.355. The lowest BCUT2D eigenvalue weighted by molar-refractivity contribution is 0.0477. The van der Waals surface area contributed by atoms with Gasteiger partial charge in [0.2, 0.25) is 0 Å². The molecule has 3 aromatic rings. The average Bonchev–Trinajstić information content (AvgIpc) is 2.99. The fraction of sp³-hybridized carbons (Fsp3) is 0.235. The van der Waals surface area contributed by atoms with Crippen molar-refractivity contribution in [2.24, 2.45) is 0 Å². The van der Waals surface area contributed by atoms with Gasteiger partial charge in [0.1, 0.15) is 11.4 Å². The number of furan rings is 1. The summed E-state index contributed by atoms with van der Waals surface area (Å²) in [5, 5.41) is 14.9. The van der Waals surface area contributed by atoms with Crippen molar-refractivity contribution in [1.29, 1.82) is 0 Å². The molecule has 3 rings (SSSR count). The first-order chi connectivity index (χ1) is 10.1. The molecule has 1 unspecified atom stereocenters. The number of para-hydroxylation sites is 1. The number of aliphatic hydroxyl groups is 1. The van der Waals surface area contributed by atoms with Gasteiger partial charge in [-0.25, -0.2) is 0 Å². The van der Waals surface area contributed by atoms with E-state index in [0.717, 1.165) is 22.3 Å². The van der Waals surface area contributed by atoms with Gasteiger partial charge in [-0.1, -0.05) is 18.2 Å². The number of aromatic nitrogens is 1. The Bertz CT molecular complexity index is 749. The molecule has 1 aromatic carbocycles. The summed E-state index contributed by atoms with van der Waals surface area (Å²) in [6.07, 6.45) is 1.57. The van der Waals surface area contributed by atoms with Crippen LogP contribution in [-0.4, -0.2) is 16.6 Å². The molecule has 0 spiro atoms. The van der Waals surface area contributed by atoms with Gasteiger partial charge in [0.15, 0.2) is 0 Å². The van der Waals surface area contributed by atoms with Crippen LogP contribution in [-0.2, 0) is 5.60 Å². The van der Waals surface area contributed by atoms with Crippen LogP contribution in [0, 0.1) is 6.92 Å². The maximum absolute atomic E-state index is 10.5. The molecule has 1 atom stereocenters. The average molecular weight is 282 g/mol. The summed E-state index contributed by atoms with van der Waals surface area (Å²) in [5.74, 6) is 0.546. The number of anilines is 1. The number of nitrogens with zero attached hydrogens (tertiary/aromatic N) is 1. The molecule has 0 aliphatic heterocycles. The molecule has 2 N–H and O–H groups in total. The third-order valence-corrected chi connectivity index (χ3v) is 3.52.